The van der Waals surface area contributed by atoms with E-state index in [-0.39, 0.29) is 5.84 Å². The van der Waals surface area contributed by atoms with E-state index in [9.17, 15) is 0 Å². The number of aromatic nitrogens is 1. The molecule has 0 atom stereocenters. The minimum Gasteiger partial charge on any atom is -0.457 e. The smallest absolute Gasteiger partial charge is 0.135 e. The molecule has 1 aliphatic rings. The molecule has 0 aliphatic heterocycles. The average Bonchev–Trinajstić information content (AvgIpc) is 3.23. The fourth-order valence-electron chi connectivity index (χ4n) is 3.90. The first kappa shape index (κ1) is 18.0. The summed E-state index contributed by atoms with van der Waals surface area (Å²) in [5.41, 5.74) is 15.4. The quantitative estimate of drug-likeness (QED) is 0.430. The maximum absolute atomic E-state index is 7.93. The van der Waals surface area contributed by atoms with E-state index in [1.165, 1.54) is 12.8 Å². The lowest BCUT2D eigenvalue weighted by molar-refractivity contribution is 0.483. The van der Waals surface area contributed by atoms with Gasteiger partial charge in [0.05, 0.1) is 11.3 Å². The van der Waals surface area contributed by atoms with Crippen LogP contribution in [0.2, 0.25) is 0 Å². The number of nitrogens with two attached hydrogens (primary N) is 2. The van der Waals surface area contributed by atoms with Crippen molar-refractivity contribution in [2.24, 2.45) is 5.73 Å². The molecule has 1 aliphatic carbocycles. The largest absolute Gasteiger partial charge is 0.457 e. The standard InChI is InChI=1S/C23H24N4O/c24-22(25)21-19(15-6-4-5-7-15)14-20(27-23(21)26)16-10-12-18(13-11-16)28-17-8-2-1-3-9-17/h1-3,8-15H,4-7H2,(H3,24,25)(H2,26,27). The molecule has 0 radical (unpaired) electrons. The number of amidine groups is 1. The fraction of sp³-hybridized carbons (Fsp3) is 0.217. The second kappa shape index (κ2) is 7.72. The Morgan fingerprint density at radius 2 is 1.61 bits per heavy atom. The molecular weight excluding hydrogens is 348 g/mol. The van der Waals surface area contributed by atoms with Crippen molar-refractivity contribution in [2.75, 3.05) is 5.73 Å². The third-order valence-corrected chi connectivity index (χ3v) is 5.27. The molecule has 0 bridgehead atoms. The lowest BCUT2D eigenvalue weighted by Crippen LogP contribution is -2.19. The number of rotatable bonds is 5. The van der Waals surface area contributed by atoms with Crippen LogP contribution in [0.4, 0.5) is 5.82 Å². The van der Waals surface area contributed by atoms with E-state index >= 15 is 0 Å². The molecule has 1 fully saturated rings. The van der Waals surface area contributed by atoms with Gasteiger partial charge in [-0.05, 0) is 66.8 Å². The fourth-order valence-corrected chi connectivity index (χ4v) is 3.90. The maximum Gasteiger partial charge on any atom is 0.135 e. The van der Waals surface area contributed by atoms with Crippen LogP contribution in [0.3, 0.4) is 0 Å². The Kier molecular flexibility index (Phi) is 4.98. The molecule has 0 saturated heterocycles. The van der Waals surface area contributed by atoms with Crippen LogP contribution >= 0.6 is 0 Å². The minimum atomic E-state index is -0.00920. The van der Waals surface area contributed by atoms with E-state index in [0.29, 0.717) is 17.3 Å². The number of nitrogen functional groups attached to an aromatic ring is 2. The number of anilines is 1. The molecular formula is C23H24N4O. The lowest BCUT2D eigenvalue weighted by Gasteiger charge is -2.18. The molecule has 2 aromatic carbocycles. The van der Waals surface area contributed by atoms with Crippen LogP contribution in [0.15, 0.2) is 60.7 Å². The zero-order valence-electron chi connectivity index (χ0n) is 15.7. The molecule has 0 unspecified atom stereocenters. The van der Waals surface area contributed by atoms with Gasteiger partial charge >= 0.3 is 0 Å². The summed E-state index contributed by atoms with van der Waals surface area (Å²) in [5, 5.41) is 7.93. The molecule has 0 spiro atoms. The second-order valence-electron chi connectivity index (χ2n) is 7.19. The highest BCUT2D eigenvalue weighted by Gasteiger charge is 2.24. The Morgan fingerprint density at radius 3 is 2.25 bits per heavy atom. The maximum atomic E-state index is 7.93. The molecule has 1 aromatic heterocycles. The number of pyridine rings is 1. The van der Waals surface area contributed by atoms with Gasteiger partial charge in [0.1, 0.15) is 23.2 Å². The highest BCUT2D eigenvalue weighted by atomic mass is 16.5. The minimum absolute atomic E-state index is 0.00920. The summed E-state index contributed by atoms with van der Waals surface area (Å²) in [6.07, 6.45) is 4.61. The van der Waals surface area contributed by atoms with Crippen molar-refractivity contribution in [3.63, 3.8) is 0 Å². The molecule has 5 heteroatoms. The van der Waals surface area contributed by atoms with Crippen molar-refractivity contribution in [1.82, 2.24) is 4.98 Å². The van der Waals surface area contributed by atoms with Crippen molar-refractivity contribution < 1.29 is 4.74 Å². The first-order valence-electron chi connectivity index (χ1n) is 9.60. The molecule has 5 N–H and O–H groups in total. The molecule has 4 rings (SSSR count). The Labute approximate surface area is 164 Å². The zero-order chi connectivity index (χ0) is 19.5. The van der Waals surface area contributed by atoms with E-state index < -0.39 is 0 Å². The van der Waals surface area contributed by atoms with Gasteiger partial charge in [-0.3, -0.25) is 5.41 Å². The van der Waals surface area contributed by atoms with Gasteiger partial charge in [0.15, 0.2) is 0 Å². The SMILES string of the molecule is N=C(N)c1c(C2CCCC2)cc(-c2ccc(Oc3ccccc3)cc2)nc1N. The lowest BCUT2D eigenvalue weighted by atomic mass is 9.91. The Hall–Kier alpha value is -3.34. The molecule has 142 valence electrons. The number of hydrogen-bond donors (Lipinski definition) is 3. The summed E-state index contributed by atoms with van der Waals surface area (Å²) in [7, 11) is 0. The van der Waals surface area contributed by atoms with Crippen molar-refractivity contribution in [3.05, 3.63) is 71.8 Å². The Bertz CT molecular complexity index is 977. The van der Waals surface area contributed by atoms with E-state index in [2.05, 4.69) is 11.1 Å². The number of ether oxygens (including phenoxy) is 1. The zero-order valence-corrected chi connectivity index (χ0v) is 15.7. The van der Waals surface area contributed by atoms with Crippen LogP contribution in [0, 0.1) is 5.41 Å². The monoisotopic (exact) mass is 372 g/mol. The van der Waals surface area contributed by atoms with Crippen LogP contribution in [0.5, 0.6) is 11.5 Å². The first-order chi connectivity index (χ1) is 13.6. The number of nitrogens with zero attached hydrogens (tertiary/aromatic N) is 1. The molecule has 1 saturated carbocycles. The van der Waals surface area contributed by atoms with Crippen LogP contribution in [-0.4, -0.2) is 10.8 Å². The molecule has 3 aromatic rings. The predicted octanol–water partition coefficient (Wildman–Crippen LogP) is 5.06. The van der Waals surface area contributed by atoms with Crippen LogP contribution < -0.4 is 16.2 Å². The van der Waals surface area contributed by atoms with Crippen molar-refractivity contribution in [1.29, 1.82) is 5.41 Å². The summed E-state index contributed by atoms with van der Waals surface area (Å²) in [4.78, 5) is 4.53. The number of para-hydroxylation sites is 1. The third kappa shape index (κ3) is 3.69. The average molecular weight is 372 g/mol. The van der Waals surface area contributed by atoms with E-state index in [1.807, 2.05) is 54.6 Å². The van der Waals surface area contributed by atoms with E-state index in [1.54, 1.807) is 0 Å². The summed E-state index contributed by atoms with van der Waals surface area (Å²) in [6, 6.07) is 19.5. The Morgan fingerprint density at radius 1 is 0.964 bits per heavy atom. The molecule has 28 heavy (non-hydrogen) atoms. The number of hydrogen-bond acceptors (Lipinski definition) is 4. The van der Waals surface area contributed by atoms with Crippen molar-refractivity contribution in [3.8, 4) is 22.8 Å². The van der Waals surface area contributed by atoms with Crippen LogP contribution in [0.25, 0.3) is 11.3 Å². The second-order valence-corrected chi connectivity index (χ2v) is 7.19. The van der Waals surface area contributed by atoms with Crippen LogP contribution in [-0.2, 0) is 0 Å². The van der Waals surface area contributed by atoms with Crippen LogP contribution in [0.1, 0.15) is 42.7 Å². The molecule has 1 heterocycles. The summed E-state index contributed by atoms with van der Waals surface area (Å²) in [6.45, 7) is 0. The summed E-state index contributed by atoms with van der Waals surface area (Å²) < 4.78 is 5.86. The van der Waals surface area contributed by atoms with Gasteiger partial charge in [0.25, 0.3) is 0 Å². The number of benzene rings is 2. The van der Waals surface area contributed by atoms with Gasteiger partial charge in [-0.1, -0.05) is 31.0 Å². The van der Waals surface area contributed by atoms with Crippen molar-refractivity contribution >= 4 is 11.7 Å². The molecule has 5 nitrogen and oxygen atoms in total. The third-order valence-electron chi connectivity index (χ3n) is 5.27. The topological polar surface area (TPSA) is 98.0 Å². The van der Waals surface area contributed by atoms with Gasteiger partial charge in [-0.25, -0.2) is 4.98 Å². The molecule has 0 amide bonds. The van der Waals surface area contributed by atoms with E-state index in [0.717, 1.165) is 41.2 Å². The normalized spacial score (nSPS) is 14.1. The van der Waals surface area contributed by atoms with Gasteiger partial charge < -0.3 is 16.2 Å². The highest BCUT2D eigenvalue weighted by molar-refractivity contribution is 6.01. The summed E-state index contributed by atoms with van der Waals surface area (Å²) >= 11 is 0. The van der Waals surface area contributed by atoms with Gasteiger partial charge in [0, 0.05) is 5.56 Å². The van der Waals surface area contributed by atoms with Crippen molar-refractivity contribution in [2.45, 2.75) is 31.6 Å². The number of nitrogens with one attached hydrogen (secondary N) is 1. The van der Waals surface area contributed by atoms with Gasteiger partial charge in [-0.2, -0.15) is 0 Å². The van der Waals surface area contributed by atoms with Gasteiger partial charge in [0.2, 0.25) is 0 Å². The first-order valence-corrected chi connectivity index (χ1v) is 9.60. The van der Waals surface area contributed by atoms with E-state index in [4.69, 9.17) is 21.6 Å². The van der Waals surface area contributed by atoms with Gasteiger partial charge in [-0.15, -0.1) is 0 Å². The summed E-state index contributed by atoms with van der Waals surface area (Å²) in [5.74, 6) is 2.27. The Balaban J connectivity index is 1.66. The highest BCUT2D eigenvalue weighted by Crippen LogP contribution is 2.38. The predicted molar refractivity (Wildman–Crippen MR) is 113 cm³/mol.